The monoisotopic (exact) mass is 261 g/mol. The third-order valence-electron chi connectivity index (χ3n) is 3.36. The number of amides is 1. The van der Waals surface area contributed by atoms with E-state index in [0.29, 0.717) is 0 Å². The summed E-state index contributed by atoms with van der Waals surface area (Å²) in [6.45, 7) is 0.784. The summed E-state index contributed by atoms with van der Waals surface area (Å²) in [6.07, 6.45) is 2.96. The average Bonchev–Trinajstić information content (AvgIpc) is 2.58. The first-order valence-corrected chi connectivity index (χ1v) is 6.94. The number of fused-ring (bicyclic) bond motifs is 1. The first kappa shape index (κ1) is 11.7. The van der Waals surface area contributed by atoms with Crippen molar-refractivity contribution < 1.29 is 9.53 Å². The second kappa shape index (κ2) is 4.69. The summed E-state index contributed by atoms with van der Waals surface area (Å²) in [4.78, 5) is 14.0. The first-order chi connectivity index (χ1) is 8.78. The fourth-order valence-corrected chi connectivity index (χ4v) is 3.54. The highest BCUT2D eigenvalue weighted by atomic mass is 32.2. The van der Waals surface area contributed by atoms with Crippen LogP contribution in [0.1, 0.15) is 18.4 Å². The molecule has 1 aromatic rings. The number of hydrogen-bond acceptors (Lipinski definition) is 3. The highest BCUT2D eigenvalue weighted by molar-refractivity contribution is 8.04. The maximum atomic E-state index is 12.0. The summed E-state index contributed by atoms with van der Waals surface area (Å²) in [5, 5.41) is 2.95. The summed E-state index contributed by atoms with van der Waals surface area (Å²) < 4.78 is 5.24. The SMILES string of the molecule is COc1ccc2c(c1)SC1=C(CCCNC1=O)C2. The standard InChI is InChI=1S/C14H15NO2S/c1-17-11-5-4-9-7-10-3-2-6-15-14(16)13(10)18-12(9)8-11/h4-5,8H,2-3,6-7H2,1H3,(H,15,16). The fourth-order valence-electron chi connectivity index (χ4n) is 2.39. The Morgan fingerprint density at radius 2 is 2.28 bits per heavy atom. The van der Waals surface area contributed by atoms with Crippen molar-refractivity contribution in [2.24, 2.45) is 0 Å². The van der Waals surface area contributed by atoms with Crippen LogP contribution in [0.25, 0.3) is 0 Å². The molecule has 0 atom stereocenters. The summed E-state index contributed by atoms with van der Waals surface area (Å²) in [5.41, 5.74) is 2.59. The van der Waals surface area contributed by atoms with Crippen molar-refractivity contribution in [1.29, 1.82) is 0 Å². The molecular formula is C14H15NO2S. The van der Waals surface area contributed by atoms with Crippen molar-refractivity contribution in [3.05, 3.63) is 34.2 Å². The molecule has 1 N–H and O–H groups in total. The van der Waals surface area contributed by atoms with Gasteiger partial charge in [0.1, 0.15) is 5.75 Å². The normalized spacial score (nSPS) is 18.6. The van der Waals surface area contributed by atoms with Crippen LogP contribution in [0.2, 0.25) is 0 Å². The van der Waals surface area contributed by atoms with Gasteiger partial charge in [-0.2, -0.15) is 0 Å². The Hall–Kier alpha value is -1.42. The Balaban J connectivity index is 1.98. The maximum Gasteiger partial charge on any atom is 0.258 e. The van der Waals surface area contributed by atoms with Gasteiger partial charge in [-0.3, -0.25) is 4.79 Å². The van der Waals surface area contributed by atoms with Crippen LogP contribution in [0.3, 0.4) is 0 Å². The van der Waals surface area contributed by atoms with E-state index in [4.69, 9.17) is 4.74 Å². The van der Waals surface area contributed by atoms with E-state index in [1.807, 2.05) is 12.1 Å². The van der Waals surface area contributed by atoms with E-state index in [0.717, 1.165) is 41.4 Å². The van der Waals surface area contributed by atoms with Gasteiger partial charge in [-0.25, -0.2) is 0 Å². The van der Waals surface area contributed by atoms with E-state index < -0.39 is 0 Å². The third-order valence-corrected chi connectivity index (χ3v) is 4.64. The lowest BCUT2D eigenvalue weighted by molar-refractivity contribution is -0.116. The van der Waals surface area contributed by atoms with Gasteiger partial charge in [-0.1, -0.05) is 17.8 Å². The first-order valence-electron chi connectivity index (χ1n) is 6.13. The average molecular weight is 261 g/mol. The van der Waals surface area contributed by atoms with Crippen LogP contribution in [0.4, 0.5) is 0 Å². The van der Waals surface area contributed by atoms with E-state index in [1.54, 1.807) is 18.9 Å². The Bertz CT molecular complexity index is 537. The molecular weight excluding hydrogens is 246 g/mol. The van der Waals surface area contributed by atoms with Crippen molar-refractivity contribution >= 4 is 17.7 Å². The molecule has 0 aliphatic carbocycles. The number of carbonyl (C=O) groups is 1. The zero-order chi connectivity index (χ0) is 12.5. The zero-order valence-corrected chi connectivity index (χ0v) is 11.1. The van der Waals surface area contributed by atoms with Gasteiger partial charge in [0.2, 0.25) is 0 Å². The van der Waals surface area contributed by atoms with Gasteiger partial charge in [-0.05, 0) is 42.5 Å². The van der Waals surface area contributed by atoms with Crippen LogP contribution in [-0.4, -0.2) is 19.6 Å². The number of methoxy groups -OCH3 is 1. The number of nitrogens with one attached hydrogen (secondary N) is 1. The van der Waals surface area contributed by atoms with Crippen molar-refractivity contribution in [3.8, 4) is 5.75 Å². The van der Waals surface area contributed by atoms with E-state index in [2.05, 4.69) is 11.4 Å². The van der Waals surface area contributed by atoms with E-state index in [9.17, 15) is 4.79 Å². The Kier molecular flexibility index (Phi) is 3.04. The van der Waals surface area contributed by atoms with Gasteiger partial charge < -0.3 is 10.1 Å². The predicted octanol–water partition coefficient (Wildman–Crippen LogP) is 2.51. The van der Waals surface area contributed by atoms with Crippen molar-refractivity contribution in [1.82, 2.24) is 5.32 Å². The van der Waals surface area contributed by atoms with Gasteiger partial charge in [0, 0.05) is 11.4 Å². The number of allylic oxidation sites excluding steroid dienone is 1. The maximum absolute atomic E-state index is 12.0. The number of ether oxygens (including phenoxy) is 1. The third kappa shape index (κ3) is 2.01. The lowest BCUT2D eigenvalue weighted by atomic mass is 10.0. The van der Waals surface area contributed by atoms with Crippen LogP contribution >= 0.6 is 11.8 Å². The molecule has 0 saturated heterocycles. The van der Waals surface area contributed by atoms with Crippen molar-refractivity contribution in [3.63, 3.8) is 0 Å². The molecule has 0 fully saturated rings. The molecule has 0 bridgehead atoms. The Morgan fingerprint density at radius 1 is 1.39 bits per heavy atom. The number of carbonyl (C=O) groups excluding carboxylic acids is 1. The van der Waals surface area contributed by atoms with Gasteiger partial charge in [0.15, 0.2) is 0 Å². The highest BCUT2D eigenvalue weighted by Gasteiger charge is 2.25. The molecule has 18 heavy (non-hydrogen) atoms. The van der Waals surface area contributed by atoms with Crippen LogP contribution in [0.5, 0.6) is 5.75 Å². The highest BCUT2D eigenvalue weighted by Crippen LogP contribution is 2.41. The Morgan fingerprint density at radius 3 is 3.11 bits per heavy atom. The number of thioether (sulfide) groups is 1. The molecule has 3 rings (SSSR count). The molecule has 1 aromatic carbocycles. The number of benzene rings is 1. The van der Waals surface area contributed by atoms with Crippen molar-refractivity contribution in [2.45, 2.75) is 24.2 Å². The van der Waals surface area contributed by atoms with Gasteiger partial charge >= 0.3 is 0 Å². The lowest BCUT2D eigenvalue weighted by Gasteiger charge is -2.20. The largest absolute Gasteiger partial charge is 0.497 e. The molecule has 2 aliphatic rings. The van der Waals surface area contributed by atoms with Gasteiger partial charge in [0.05, 0.1) is 12.0 Å². The molecule has 0 unspecified atom stereocenters. The van der Waals surface area contributed by atoms with Gasteiger partial charge in [-0.15, -0.1) is 0 Å². The minimum absolute atomic E-state index is 0.0842. The minimum atomic E-state index is 0.0842. The number of rotatable bonds is 1. The molecule has 0 saturated carbocycles. The minimum Gasteiger partial charge on any atom is -0.497 e. The summed E-state index contributed by atoms with van der Waals surface area (Å²) in [7, 11) is 1.66. The molecule has 1 amide bonds. The lowest BCUT2D eigenvalue weighted by Crippen LogP contribution is -2.24. The van der Waals surface area contributed by atoms with E-state index in [1.165, 1.54) is 11.1 Å². The molecule has 4 heteroatoms. The van der Waals surface area contributed by atoms with Gasteiger partial charge in [0.25, 0.3) is 5.91 Å². The fraction of sp³-hybridized carbons (Fsp3) is 0.357. The van der Waals surface area contributed by atoms with Crippen LogP contribution in [0.15, 0.2) is 33.6 Å². The van der Waals surface area contributed by atoms with Crippen LogP contribution < -0.4 is 10.1 Å². The zero-order valence-electron chi connectivity index (χ0n) is 10.3. The molecule has 3 nitrogen and oxygen atoms in total. The smallest absolute Gasteiger partial charge is 0.258 e. The second-order valence-corrected chi connectivity index (χ2v) is 5.60. The predicted molar refractivity (Wildman–Crippen MR) is 71.8 cm³/mol. The summed E-state index contributed by atoms with van der Waals surface area (Å²) in [6, 6.07) is 6.11. The number of hydrogen-bond donors (Lipinski definition) is 1. The Labute approximate surface area is 111 Å². The molecule has 0 spiro atoms. The molecule has 0 radical (unpaired) electrons. The van der Waals surface area contributed by atoms with Crippen molar-refractivity contribution in [2.75, 3.05) is 13.7 Å². The quantitative estimate of drug-likeness (QED) is 0.844. The summed E-state index contributed by atoms with van der Waals surface area (Å²) >= 11 is 1.58. The summed E-state index contributed by atoms with van der Waals surface area (Å²) in [5.74, 6) is 0.931. The molecule has 0 aromatic heterocycles. The van der Waals surface area contributed by atoms with E-state index in [-0.39, 0.29) is 5.91 Å². The van der Waals surface area contributed by atoms with Crippen LogP contribution in [-0.2, 0) is 11.2 Å². The van der Waals surface area contributed by atoms with E-state index >= 15 is 0 Å². The molecule has 2 aliphatic heterocycles. The second-order valence-electron chi connectivity index (χ2n) is 4.54. The van der Waals surface area contributed by atoms with Crippen LogP contribution in [0, 0.1) is 0 Å². The molecule has 94 valence electrons. The molecule has 2 heterocycles. The topological polar surface area (TPSA) is 38.3 Å².